The smallest absolute Gasteiger partial charge is 0.360 e. The first-order valence-electron chi connectivity index (χ1n) is 9.53. The third-order valence-electron chi connectivity index (χ3n) is 4.60. The van der Waals surface area contributed by atoms with Crippen molar-refractivity contribution in [2.75, 3.05) is 12.4 Å². The Bertz CT molecular complexity index is 1340. The molecule has 0 aliphatic heterocycles. The fourth-order valence-electron chi connectivity index (χ4n) is 3.07. The minimum Gasteiger partial charge on any atom is -0.591 e. The van der Waals surface area contributed by atoms with Gasteiger partial charge in [-0.3, -0.25) is 4.79 Å². The Morgan fingerprint density at radius 1 is 0.969 bits per heavy atom. The van der Waals surface area contributed by atoms with Crippen LogP contribution in [0, 0.1) is 0 Å². The number of carbonyl (C=O) groups excluding carboxylic acids is 2. The molecule has 0 saturated carbocycles. The van der Waals surface area contributed by atoms with E-state index in [0.717, 1.165) is 0 Å². The van der Waals surface area contributed by atoms with E-state index < -0.39 is 11.9 Å². The van der Waals surface area contributed by atoms with Gasteiger partial charge in [0, 0.05) is 23.5 Å². The predicted molar refractivity (Wildman–Crippen MR) is 119 cm³/mol. The molecule has 9 heteroatoms. The predicted octanol–water partition coefficient (Wildman–Crippen LogP) is 4.52. The highest BCUT2D eigenvalue weighted by Crippen LogP contribution is 2.39. The van der Waals surface area contributed by atoms with E-state index in [1.165, 1.54) is 19.5 Å². The van der Waals surface area contributed by atoms with E-state index in [0.29, 0.717) is 16.5 Å². The number of anilines is 1. The number of aromatic nitrogens is 2. The van der Waals surface area contributed by atoms with Crippen molar-refractivity contribution in [3.05, 3.63) is 84.3 Å². The van der Waals surface area contributed by atoms with E-state index in [-0.39, 0.29) is 28.5 Å². The number of nitrogens with zero attached hydrogens (tertiary/aromatic N) is 4. The lowest BCUT2D eigenvalue weighted by Gasteiger charge is -2.09. The summed E-state index contributed by atoms with van der Waals surface area (Å²) in [6, 6.07) is 17.8. The van der Waals surface area contributed by atoms with Gasteiger partial charge < -0.3 is 15.2 Å². The molecule has 0 unspecified atom stereocenters. The van der Waals surface area contributed by atoms with Gasteiger partial charge >= 0.3 is 5.97 Å². The molecule has 0 spiro atoms. The highest BCUT2D eigenvalue weighted by Gasteiger charge is 2.23. The highest BCUT2D eigenvalue weighted by molar-refractivity contribution is 6.11. The minimum atomic E-state index is -0.709. The molecule has 4 rings (SSSR count). The van der Waals surface area contributed by atoms with Crippen LogP contribution in [-0.4, -0.2) is 34.1 Å². The van der Waals surface area contributed by atoms with Crippen LogP contribution in [0.25, 0.3) is 10.8 Å². The Morgan fingerprint density at radius 3 is 2.47 bits per heavy atom. The third kappa shape index (κ3) is 4.12. The number of benzene rings is 3. The van der Waals surface area contributed by atoms with E-state index in [1.807, 2.05) is 18.2 Å². The SMILES string of the molecule is COC(=O)c1nccnc1N=Nc1c([OH2+])c(C(=O)Nc2ccccc2)cc2ccccc12. The number of rotatable bonds is 5. The molecule has 32 heavy (non-hydrogen) atoms. The maximum atomic E-state index is 12.9. The van der Waals surface area contributed by atoms with Crippen LogP contribution in [0.4, 0.5) is 17.2 Å². The number of methoxy groups -OCH3 is 1. The summed E-state index contributed by atoms with van der Waals surface area (Å²) in [6.45, 7) is 0. The van der Waals surface area contributed by atoms with E-state index in [9.17, 15) is 9.59 Å². The number of azo groups is 1. The maximum absolute atomic E-state index is 12.9. The van der Waals surface area contributed by atoms with Crippen molar-refractivity contribution in [1.82, 2.24) is 9.97 Å². The van der Waals surface area contributed by atoms with Crippen LogP contribution in [0.1, 0.15) is 20.8 Å². The Hall–Kier alpha value is -4.66. The molecule has 0 fully saturated rings. The minimum absolute atomic E-state index is 0.0537. The zero-order valence-corrected chi connectivity index (χ0v) is 16.9. The molecule has 3 aromatic carbocycles. The zero-order chi connectivity index (χ0) is 22.5. The lowest BCUT2D eigenvalue weighted by atomic mass is 10.0. The first-order chi connectivity index (χ1) is 15.6. The number of amides is 1. The molecule has 1 amide bonds. The molecule has 0 saturated heterocycles. The lowest BCUT2D eigenvalue weighted by Crippen LogP contribution is -2.12. The quantitative estimate of drug-likeness (QED) is 0.284. The van der Waals surface area contributed by atoms with Gasteiger partial charge in [-0.25, -0.2) is 14.8 Å². The Morgan fingerprint density at radius 2 is 1.69 bits per heavy atom. The van der Waals surface area contributed by atoms with E-state index in [1.54, 1.807) is 42.5 Å². The monoisotopic (exact) mass is 428 g/mol. The van der Waals surface area contributed by atoms with E-state index >= 15 is 0 Å². The van der Waals surface area contributed by atoms with Gasteiger partial charge in [-0.2, -0.15) is 0 Å². The molecule has 3 N–H and O–H groups in total. The van der Waals surface area contributed by atoms with Crippen LogP contribution in [0.15, 0.2) is 83.3 Å². The Kier molecular flexibility index (Phi) is 5.80. The van der Waals surface area contributed by atoms with Gasteiger partial charge in [0.05, 0.1) is 7.11 Å². The lowest BCUT2D eigenvalue weighted by molar-refractivity contribution is 0.0594. The van der Waals surface area contributed by atoms with Crippen LogP contribution < -0.4 is 5.32 Å². The first kappa shape index (κ1) is 20.6. The summed E-state index contributed by atoms with van der Waals surface area (Å²) in [7, 11) is 1.22. The number of carbonyl (C=O) groups is 2. The van der Waals surface area contributed by atoms with Gasteiger partial charge in [0.2, 0.25) is 5.82 Å². The number of hydrogen-bond acceptors (Lipinski definition) is 7. The Balaban J connectivity index is 1.80. The largest absolute Gasteiger partial charge is 0.591 e. The summed E-state index contributed by atoms with van der Waals surface area (Å²) in [5.41, 5.74) is 0.805. The summed E-state index contributed by atoms with van der Waals surface area (Å²) < 4.78 is 4.70. The number of hydrogen-bond donors (Lipinski definition) is 1. The second-order valence-electron chi connectivity index (χ2n) is 6.61. The zero-order valence-electron chi connectivity index (χ0n) is 16.9. The molecule has 4 aromatic rings. The second-order valence-corrected chi connectivity index (χ2v) is 6.61. The molecule has 0 bridgehead atoms. The standard InChI is InChI=1S/C23H17N5O4/c1-32-23(31)19-21(25-12-11-24-19)28-27-18-16-10-6-5-7-14(16)13-17(20(18)29)22(30)26-15-8-3-2-4-9-15/h2-13,29H,1H3,(H,26,30)/p+1. The van der Waals surface area contributed by atoms with Crippen LogP contribution in [0.3, 0.4) is 0 Å². The van der Waals surface area contributed by atoms with Crippen LogP contribution >= 0.6 is 0 Å². The number of fused-ring (bicyclic) bond motifs is 1. The van der Waals surface area contributed by atoms with Crippen molar-refractivity contribution >= 4 is 39.8 Å². The van der Waals surface area contributed by atoms with Gasteiger partial charge in [-0.1, -0.05) is 42.5 Å². The fourth-order valence-corrected chi connectivity index (χ4v) is 3.07. The molecule has 0 aliphatic rings. The number of nitrogens with one attached hydrogen (secondary N) is 1. The second kappa shape index (κ2) is 9.00. The fraction of sp³-hybridized carbons (Fsp3) is 0.0435. The van der Waals surface area contributed by atoms with Crippen LogP contribution in [-0.2, 0) is 4.74 Å². The molecular formula is C23H18N5O4+. The molecular weight excluding hydrogens is 410 g/mol. The van der Waals surface area contributed by atoms with Gasteiger partial charge in [-0.05, 0) is 23.6 Å². The van der Waals surface area contributed by atoms with Crippen molar-refractivity contribution in [2.24, 2.45) is 10.2 Å². The molecule has 158 valence electrons. The molecule has 0 radical (unpaired) electrons. The molecule has 9 nitrogen and oxygen atoms in total. The van der Waals surface area contributed by atoms with Crippen molar-refractivity contribution < 1.29 is 19.4 Å². The molecule has 1 aromatic heterocycles. The summed E-state index contributed by atoms with van der Waals surface area (Å²) >= 11 is 0. The topological polar surface area (TPSA) is 129 Å². The molecule has 0 atom stereocenters. The normalized spacial score (nSPS) is 10.9. The van der Waals surface area contributed by atoms with Crippen LogP contribution in [0.2, 0.25) is 0 Å². The maximum Gasteiger partial charge on any atom is 0.360 e. The number of ether oxygens (including phenoxy) is 1. The van der Waals surface area contributed by atoms with Gasteiger partial charge in [0.1, 0.15) is 5.56 Å². The summed E-state index contributed by atoms with van der Waals surface area (Å²) in [5, 5.41) is 21.0. The first-order valence-corrected chi connectivity index (χ1v) is 9.53. The number of esters is 1. The Labute approximate surface area is 182 Å². The summed E-state index contributed by atoms with van der Waals surface area (Å²) in [4.78, 5) is 32.8. The third-order valence-corrected chi connectivity index (χ3v) is 4.60. The van der Waals surface area contributed by atoms with E-state index in [2.05, 4.69) is 25.5 Å². The highest BCUT2D eigenvalue weighted by atomic mass is 16.5. The average Bonchev–Trinajstić information content (AvgIpc) is 2.83. The van der Waals surface area contributed by atoms with Crippen molar-refractivity contribution in [2.45, 2.75) is 0 Å². The number of para-hydroxylation sites is 1. The van der Waals surface area contributed by atoms with E-state index in [4.69, 9.17) is 9.84 Å². The van der Waals surface area contributed by atoms with Crippen molar-refractivity contribution in [3.63, 3.8) is 0 Å². The summed E-state index contributed by atoms with van der Waals surface area (Å²) in [6.07, 6.45) is 2.70. The van der Waals surface area contributed by atoms with Crippen molar-refractivity contribution in [3.8, 4) is 5.75 Å². The van der Waals surface area contributed by atoms with Crippen molar-refractivity contribution in [1.29, 1.82) is 0 Å². The average molecular weight is 428 g/mol. The van der Waals surface area contributed by atoms with Gasteiger partial charge in [-0.15, -0.1) is 10.2 Å². The molecule has 1 heterocycles. The van der Waals surface area contributed by atoms with Gasteiger partial charge in [0.15, 0.2) is 11.4 Å². The van der Waals surface area contributed by atoms with Gasteiger partial charge in [0.25, 0.3) is 11.7 Å². The molecule has 0 aliphatic carbocycles. The van der Waals surface area contributed by atoms with Crippen LogP contribution in [0.5, 0.6) is 5.75 Å². The summed E-state index contributed by atoms with van der Waals surface area (Å²) in [5.74, 6) is -1.32.